The predicted octanol–water partition coefficient (Wildman–Crippen LogP) is 1.18. The van der Waals surface area contributed by atoms with E-state index in [-0.39, 0.29) is 5.91 Å². The largest absolute Gasteiger partial charge is 0.325 e. The summed E-state index contributed by atoms with van der Waals surface area (Å²) in [6.45, 7) is 4.19. The predicted molar refractivity (Wildman–Crippen MR) is 106 cm³/mol. The van der Waals surface area contributed by atoms with Crippen molar-refractivity contribution in [3.05, 3.63) is 59.1 Å². The number of halogens is 1. The Hall–Kier alpha value is -1.93. The number of sulfonamides is 1. The molecule has 0 aliphatic carbocycles. The van der Waals surface area contributed by atoms with Crippen molar-refractivity contribution >= 4 is 33.2 Å². The molecule has 0 atom stereocenters. The Kier molecular flexibility index (Phi) is 6.16. The van der Waals surface area contributed by atoms with Gasteiger partial charge in [0.05, 0.1) is 31.1 Å². The molecule has 2 aromatic carbocycles. The first kappa shape index (κ1) is 19.8. The molecule has 0 aromatic heterocycles. The molecule has 2 aromatic rings. The zero-order valence-corrected chi connectivity index (χ0v) is 16.7. The third-order valence-electron chi connectivity index (χ3n) is 4.69. The summed E-state index contributed by atoms with van der Waals surface area (Å²) in [5.74, 6) is -0.102. The first-order valence-corrected chi connectivity index (χ1v) is 10.6. The van der Waals surface area contributed by atoms with Crippen molar-refractivity contribution in [3.63, 3.8) is 0 Å². The number of nitrogens with zero attached hydrogens (tertiary/aromatic N) is 1. The molecule has 2 N–H and O–H groups in total. The molecule has 1 fully saturated rings. The number of piperazine rings is 1. The summed E-state index contributed by atoms with van der Waals surface area (Å²) in [6.07, 6.45) is 0. The monoisotopic (exact) mass is 408 g/mol. The third kappa shape index (κ3) is 4.87. The van der Waals surface area contributed by atoms with Gasteiger partial charge in [0.2, 0.25) is 10.0 Å². The Labute approximate surface area is 164 Å². The lowest BCUT2D eigenvalue weighted by Crippen LogP contribution is -3.15. The zero-order valence-electron chi connectivity index (χ0n) is 15.1. The minimum Gasteiger partial charge on any atom is -0.325 e. The second kappa shape index (κ2) is 8.39. The standard InChI is InChI=1S/C19H22ClN3O3S/c1-15-7-8-16(20)13-18(15)21-19(24)14-22-9-11-23(12-10-22)27(25,26)17-5-3-2-4-6-17/h2-8,13H,9-12,14H2,1H3,(H,21,24)/p+1. The molecule has 144 valence electrons. The quantitative estimate of drug-likeness (QED) is 0.780. The van der Waals surface area contributed by atoms with Crippen LogP contribution in [-0.2, 0) is 14.8 Å². The van der Waals surface area contributed by atoms with Crippen LogP contribution in [0.5, 0.6) is 0 Å². The van der Waals surface area contributed by atoms with Gasteiger partial charge in [-0.1, -0.05) is 35.9 Å². The van der Waals surface area contributed by atoms with Gasteiger partial charge in [0.1, 0.15) is 0 Å². The Balaban J connectivity index is 1.55. The molecule has 1 aliphatic rings. The molecule has 0 radical (unpaired) electrons. The number of benzene rings is 2. The van der Waals surface area contributed by atoms with Gasteiger partial charge in [-0.25, -0.2) is 8.42 Å². The van der Waals surface area contributed by atoms with Crippen LogP contribution in [0.4, 0.5) is 5.69 Å². The number of anilines is 1. The molecule has 6 nitrogen and oxygen atoms in total. The van der Waals surface area contributed by atoms with E-state index in [1.807, 2.05) is 13.0 Å². The molecule has 27 heavy (non-hydrogen) atoms. The lowest BCUT2D eigenvalue weighted by molar-refractivity contribution is -0.895. The first-order valence-electron chi connectivity index (χ1n) is 8.81. The lowest BCUT2D eigenvalue weighted by Gasteiger charge is -2.31. The first-order chi connectivity index (χ1) is 12.9. The Morgan fingerprint density at radius 2 is 1.81 bits per heavy atom. The van der Waals surface area contributed by atoms with Crippen molar-refractivity contribution in [1.82, 2.24) is 4.31 Å². The van der Waals surface area contributed by atoms with Gasteiger partial charge < -0.3 is 10.2 Å². The normalized spacial score (nSPS) is 16.2. The summed E-state index contributed by atoms with van der Waals surface area (Å²) in [6, 6.07) is 13.8. The summed E-state index contributed by atoms with van der Waals surface area (Å²) >= 11 is 5.98. The maximum atomic E-state index is 12.7. The van der Waals surface area contributed by atoms with Gasteiger partial charge in [0, 0.05) is 10.7 Å². The van der Waals surface area contributed by atoms with Gasteiger partial charge in [0.15, 0.2) is 6.54 Å². The van der Waals surface area contributed by atoms with Crippen molar-refractivity contribution in [2.75, 3.05) is 38.0 Å². The molecule has 3 rings (SSSR count). The van der Waals surface area contributed by atoms with Crippen LogP contribution in [0.1, 0.15) is 5.56 Å². The Bertz CT molecular complexity index is 911. The molecular formula is C19H23ClN3O3S+. The molecule has 0 bridgehead atoms. The number of carbonyl (C=O) groups is 1. The maximum Gasteiger partial charge on any atom is 0.279 e. The van der Waals surface area contributed by atoms with Crippen LogP contribution < -0.4 is 10.2 Å². The van der Waals surface area contributed by atoms with Gasteiger partial charge in [-0.15, -0.1) is 0 Å². The fraction of sp³-hybridized carbons (Fsp3) is 0.316. The number of nitrogens with one attached hydrogen (secondary N) is 2. The number of quaternary nitrogens is 1. The van der Waals surface area contributed by atoms with Crippen LogP contribution in [0.2, 0.25) is 5.02 Å². The highest BCUT2D eigenvalue weighted by atomic mass is 35.5. The van der Waals surface area contributed by atoms with E-state index in [9.17, 15) is 13.2 Å². The average Bonchev–Trinajstić information content (AvgIpc) is 2.66. The van der Waals surface area contributed by atoms with E-state index < -0.39 is 10.0 Å². The Morgan fingerprint density at radius 3 is 2.48 bits per heavy atom. The van der Waals surface area contributed by atoms with Crippen LogP contribution >= 0.6 is 11.6 Å². The number of aryl methyl sites for hydroxylation is 1. The summed E-state index contributed by atoms with van der Waals surface area (Å²) in [4.78, 5) is 13.7. The molecule has 1 amide bonds. The number of hydrogen-bond donors (Lipinski definition) is 2. The molecule has 0 saturated carbocycles. The molecule has 8 heteroatoms. The summed E-state index contributed by atoms with van der Waals surface area (Å²) < 4.78 is 26.8. The number of hydrogen-bond acceptors (Lipinski definition) is 3. The van der Waals surface area contributed by atoms with E-state index in [0.717, 1.165) is 10.5 Å². The van der Waals surface area contributed by atoms with Crippen LogP contribution in [0.15, 0.2) is 53.4 Å². The lowest BCUT2D eigenvalue weighted by atomic mass is 10.2. The van der Waals surface area contributed by atoms with Crippen LogP contribution in [0, 0.1) is 6.92 Å². The van der Waals surface area contributed by atoms with Gasteiger partial charge in [-0.2, -0.15) is 4.31 Å². The molecule has 0 unspecified atom stereocenters. The molecule has 1 heterocycles. The minimum atomic E-state index is -3.47. The van der Waals surface area contributed by atoms with Gasteiger partial charge in [0.25, 0.3) is 5.91 Å². The fourth-order valence-electron chi connectivity index (χ4n) is 3.11. The molecule has 1 saturated heterocycles. The van der Waals surface area contributed by atoms with Crippen molar-refractivity contribution in [1.29, 1.82) is 0 Å². The van der Waals surface area contributed by atoms with E-state index in [4.69, 9.17) is 11.6 Å². The van der Waals surface area contributed by atoms with Crippen LogP contribution in [0.3, 0.4) is 0 Å². The highest BCUT2D eigenvalue weighted by Gasteiger charge is 2.31. The zero-order chi connectivity index (χ0) is 19.4. The van der Waals surface area contributed by atoms with Crippen molar-refractivity contribution in [2.24, 2.45) is 0 Å². The van der Waals surface area contributed by atoms with E-state index in [0.29, 0.717) is 48.3 Å². The van der Waals surface area contributed by atoms with Gasteiger partial charge >= 0.3 is 0 Å². The summed E-state index contributed by atoms with van der Waals surface area (Å²) in [7, 11) is -3.47. The highest BCUT2D eigenvalue weighted by molar-refractivity contribution is 7.89. The fourth-order valence-corrected chi connectivity index (χ4v) is 4.75. The van der Waals surface area contributed by atoms with E-state index >= 15 is 0 Å². The SMILES string of the molecule is Cc1ccc(Cl)cc1NC(=O)C[NH+]1CCN(S(=O)(=O)c2ccccc2)CC1. The number of amides is 1. The molecule has 0 spiro atoms. The highest BCUT2D eigenvalue weighted by Crippen LogP contribution is 2.20. The van der Waals surface area contributed by atoms with Gasteiger partial charge in [-0.05, 0) is 36.8 Å². The Morgan fingerprint density at radius 1 is 1.15 bits per heavy atom. The smallest absolute Gasteiger partial charge is 0.279 e. The molecule has 1 aliphatic heterocycles. The number of rotatable bonds is 5. The van der Waals surface area contributed by atoms with Crippen molar-refractivity contribution in [2.45, 2.75) is 11.8 Å². The second-order valence-electron chi connectivity index (χ2n) is 6.65. The van der Waals surface area contributed by atoms with Gasteiger partial charge in [-0.3, -0.25) is 4.79 Å². The number of carbonyl (C=O) groups excluding carboxylic acids is 1. The topological polar surface area (TPSA) is 70.9 Å². The van der Waals surface area contributed by atoms with E-state index in [1.165, 1.54) is 4.31 Å². The maximum absolute atomic E-state index is 12.7. The second-order valence-corrected chi connectivity index (χ2v) is 9.03. The average molecular weight is 409 g/mol. The van der Waals surface area contributed by atoms with Crippen molar-refractivity contribution < 1.29 is 18.1 Å². The van der Waals surface area contributed by atoms with Crippen LogP contribution in [0.25, 0.3) is 0 Å². The van der Waals surface area contributed by atoms with Crippen molar-refractivity contribution in [3.8, 4) is 0 Å². The summed E-state index contributed by atoms with van der Waals surface area (Å²) in [5.41, 5.74) is 1.65. The third-order valence-corrected chi connectivity index (χ3v) is 6.84. The summed E-state index contributed by atoms with van der Waals surface area (Å²) in [5, 5.41) is 3.46. The minimum absolute atomic E-state index is 0.102. The van der Waals surface area contributed by atoms with Crippen LogP contribution in [-0.4, -0.2) is 51.4 Å². The van der Waals surface area contributed by atoms with E-state index in [2.05, 4.69) is 5.32 Å². The van der Waals surface area contributed by atoms with E-state index in [1.54, 1.807) is 42.5 Å². The molecular weight excluding hydrogens is 386 g/mol.